The molecule has 0 aliphatic rings. The van der Waals surface area contributed by atoms with E-state index in [1.165, 1.54) is 17.7 Å². The van der Waals surface area contributed by atoms with Gasteiger partial charge >= 0.3 is 6.61 Å². The maximum absolute atomic E-state index is 12.2. The summed E-state index contributed by atoms with van der Waals surface area (Å²) in [6, 6.07) is 12.4. The van der Waals surface area contributed by atoms with Crippen LogP contribution in [0.2, 0.25) is 0 Å². The first-order valence-corrected chi connectivity index (χ1v) is 8.70. The third kappa shape index (κ3) is 4.40. The second-order valence-corrected chi connectivity index (χ2v) is 6.23. The SMILES string of the molecule is FC(F)Oc1ccc(Nc2ncc(CCc3ccc4[nH]ncc4c3)cn2)cc1. The number of benzene rings is 2. The number of aryl methyl sites for hydroxylation is 2. The molecule has 2 aromatic carbocycles. The molecule has 28 heavy (non-hydrogen) atoms. The quantitative estimate of drug-likeness (QED) is 0.494. The lowest BCUT2D eigenvalue weighted by atomic mass is 10.1. The molecule has 4 rings (SSSR count). The molecular weight excluding hydrogens is 364 g/mol. The van der Waals surface area contributed by atoms with E-state index in [9.17, 15) is 8.78 Å². The van der Waals surface area contributed by atoms with Gasteiger partial charge in [-0.15, -0.1) is 0 Å². The highest BCUT2D eigenvalue weighted by Gasteiger charge is 2.05. The van der Waals surface area contributed by atoms with Crippen molar-refractivity contribution >= 4 is 22.5 Å². The summed E-state index contributed by atoms with van der Waals surface area (Å²) in [4.78, 5) is 8.62. The lowest BCUT2D eigenvalue weighted by molar-refractivity contribution is -0.0498. The number of hydrogen-bond acceptors (Lipinski definition) is 5. The van der Waals surface area contributed by atoms with Crippen molar-refractivity contribution in [2.75, 3.05) is 5.32 Å². The Bertz CT molecular complexity index is 1050. The van der Waals surface area contributed by atoms with Gasteiger partial charge < -0.3 is 10.1 Å². The number of ether oxygens (including phenoxy) is 1. The van der Waals surface area contributed by atoms with Crippen molar-refractivity contribution in [3.63, 3.8) is 0 Å². The highest BCUT2D eigenvalue weighted by atomic mass is 19.3. The zero-order chi connectivity index (χ0) is 19.3. The van der Waals surface area contributed by atoms with Crippen LogP contribution in [0.4, 0.5) is 20.4 Å². The highest BCUT2D eigenvalue weighted by Crippen LogP contribution is 2.20. The third-order valence-corrected chi connectivity index (χ3v) is 4.25. The minimum Gasteiger partial charge on any atom is -0.435 e. The van der Waals surface area contributed by atoms with Crippen molar-refractivity contribution < 1.29 is 13.5 Å². The Morgan fingerprint density at radius 1 is 0.929 bits per heavy atom. The first-order chi connectivity index (χ1) is 13.7. The van der Waals surface area contributed by atoms with Gasteiger partial charge in [-0.25, -0.2) is 9.97 Å². The molecule has 0 unspecified atom stereocenters. The number of alkyl halides is 2. The van der Waals surface area contributed by atoms with E-state index in [1.54, 1.807) is 24.5 Å². The van der Waals surface area contributed by atoms with Crippen LogP contribution >= 0.6 is 0 Å². The summed E-state index contributed by atoms with van der Waals surface area (Å²) in [5.74, 6) is 0.538. The van der Waals surface area contributed by atoms with Gasteiger partial charge in [0.15, 0.2) is 0 Å². The molecule has 0 radical (unpaired) electrons. The number of anilines is 2. The fourth-order valence-electron chi connectivity index (χ4n) is 2.83. The molecule has 0 aliphatic heterocycles. The van der Waals surface area contributed by atoms with Gasteiger partial charge in [0.1, 0.15) is 5.75 Å². The number of nitrogens with one attached hydrogen (secondary N) is 2. The van der Waals surface area contributed by atoms with E-state index < -0.39 is 6.61 Å². The van der Waals surface area contributed by atoms with Crippen molar-refractivity contribution in [2.45, 2.75) is 19.5 Å². The van der Waals surface area contributed by atoms with Gasteiger partial charge in [-0.05, 0) is 60.4 Å². The molecule has 0 fully saturated rings. The van der Waals surface area contributed by atoms with Gasteiger partial charge in [0.2, 0.25) is 5.95 Å². The number of aromatic nitrogens is 4. The number of rotatable bonds is 7. The van der Waals surface area contributed by atoms with Crippen LogP contribution in [0.5, 0.6) is 5.75 Å². The number of fused-ring (bicyclic) bond motifs is 1. The largest absolute Gasteiger partial charge is 0.435 e. The summed E-state index contributed by atoms with van der Waals surface area (Å²) in [5.41, 5.74) is 3.96. The van der Waals surface area contributed by atoms with Crippen molar-refractivity contribution in [3.8, 4) is 5.75 Å². The molecule has 0 aliphatic carbocycles. The van der Waals surface area contributed by atoms with Gasteiger partial charge in [-0.3, -0.25) is 5.10 Å². The van der Waals surface area contributed by atoms with Crippen molar-refractivity contribution in [2.24, 2.45) is 0 Å². The summed E-state index contributed by atoms with van der Waals surface area (Å²) in [6.07, 6.45) is 7.07. The number of hydrogen-bond donors (Lipinski definition) is 2. The van der Waals surface area contributed by atoms with E-state index in [4.69, 9.17) is 0 Å². The van der Waals surface area contributed by atoms with E-state index in [2.05, 4.69) is 42.4 Å². The van der Waals surface area contributed by atoms with E-state index in [0.717, 1.165) is 29.3 Å². The molecule has 2 heterocycles. The Labute approximate surface area is 159 Å². The molecule has 2 aromatic heterocycles. The predicted molar refractivity (Wildman–Crippen MR) is 102 cm³/mol. The minimum absolute atomic E-state index is 0.102. The average Bonchev–Trinajstić information content (AvgIpc) is 3.16. The minimum atomic E-state index is -2.84. The molecule has 0 atom stereocenters. The predicted octanol–water partition coefficient (Wildman–Crippen LogP) is 4.48. The Morgan fingerprint density at radius 3 is 2.43 bits per heavy atom. The van der Waals surface area contributed by atoms with Crippen LogP contribution in [0.25, 0.3) is 10.9 Å². The third-order valence-electron chi connectivity index (χ3n) is 4.25. The van der Waals surface area contributed by atoms with Crippen molar-refractivity contribution in [1.82, 2.24) is 20.2 Å². The molecule has 0 saturated heterocycles. The molecule has 8 heteroatoms. The Balaban J connectivity index is 1.34. The van der Waals surface area contributed by atoms with Gasteiger partial charge in [0.05, 0.1) is 11.7 Å². The van der Waals surface area contributed by atoms with Crippen LogP contribution in [0.15, 0.2) is 61.1 Å². The van der Waals surface area contributed by atoms with Gasteiger partial charge in [-0.1, -0.05) is 6.07 Å². The standard InChI is InChI=1S/C20H17F2N5O/c21-19(22)28-17-6-4-16(5-7-17)26-20-23-10-14(11-24-20)2-1-13-3-8-18-15(9-13)12-25-27-18/h3-12,19H,1-2H2,(H,25,27)(H,23,24,26). The molecular formula is C20H17F2N5O. The van der Waals surface area contributed by atoms with E-state index in [0.29, 0.717) is 11.6 Å². The smallest absolute Gasteiger partial charge is 0.387 e. The molecule has 0 saturated carbocycles. The Kier molecular flexibility index (Phi) is 5.09. The van der Waals surface area contributed by atoms with Crippen molar-refractivity contribution in [3.05, 3.63) is 72.2 Å². The summed E-state index contributed by atoms with van der Waals surface area (Å²) in [6.45, 7) is -2.84. The maximum atomic E-state index is 12.2. The molecule has 4 aromatic rings. The van der Waals surface area contributed by atoms with Gasteiger partial charge in [-0.2, -0.15) is 13.9 Å². The number of nitrogens with zero attached hydrogens (tertiary/aromatic N) is 3. The first kappa shape index (κ1) is 17.8. The fourth-order valence-corrected chi connectivity index (χ4v) is 2.83. The lowest BCUT2D eigenvalue weighted by Gasteiger charge is -2.08. The second-order valence-electron chi connectivity index (χ2n) is 6.23. The van der Waals surface area contributed by atoms with Gasteiger partial charge in [0, 0.05) is 23.5 Å². The maximum Gasteiger partial charge on any atom is 0.387 e. The van der Waals surface area contributed by atoms with Crippen LogP contribution < -0.4 is 10.1 Å². The summed E-state index contributed by atoms with van der Waals surface area (Å²) >= 11 is 0. The van der Waals surface area contributed by atoms with E-state index >= 15 is 0 Å². The van der Waals surface area contributed by atoms with E-state index in [-0.39, 0.29) is 5.75 Å². The normalized spacial score (nSPS) is 11.1. The van der Waals surface area contributed by atoms with Gasteiger partial charge in [0.25, 0.3) is 0 Å². The first-order valence-electron chi connectivity index (χ1n) is 8.70. The zero-order valence-electron chi connectivity index (χ0n) is 14.8. The number of aromatic amines is 1. The summed E-state index contributed by atoms with van der Waals surface area (Å²) < 4.78 is 28.7. The molecule has 6 nitrogen and oxygen atoms in total. The second kappa shape index (κ2) is 7.99. The van der Waals surface area contributed by atoms with Crippen LogP contribution in [-0.4, -0.2) is 26.8 Å². The highest BCUT2D eigenvalue weighted by molar-refractivity contribution is 5.78. The van der Waals surface area contributed by atoms with Crippen LogP contribution in [0.1, 0.15) is 11.1 Å². The Hall–Kier alpha value is -3.55. The number of H-pyrrole nitrogens is 1. The molecule has 142 valence electrons. The van der Waals surface area contributed by atoms with Crippen LogP contribution in [0, 0.1) is 0 Å². The monoisotopic (exact) mass is 381 g/mol. The molecule has 0 bridgehead atoms. The molecule has 0 spiro atoms. The fraction of sp³-hybridized carbons (Fsp3) is 0.150. The number of halogens is 2. The van der Waals surface area contributed by atoms with Crippen LogP contribution in [-0.2, 0) is 12.8 Å². The lowest BCUT2D eigenvalue weighted by Crippen LogP contribution is -2.02. The zero-order valence-corrected chi connectivity index (χ0v) is 14.8. The summed E-state index contributed by atoms with van der Waals surface area (Å²) in [7, 11) is 0. The average molecular weight is 381 g/mol. The summed E-state index contributed by atoms with van der Waals surface area (Å²) in [5, 5.41) is 11.1. The molecule has 2 N–H and O–H groups in total. The molecule has 0 amide bonds. The van der Waals surface area contributed by atoms with Crippen LogP contribution in [0.3, 0.4) is 0 Å². The Morgan fingerprint density at radius 2 is 1.68 bits per heavy atom. The van der Waals surface area contributed by atoms with Crippen molar-refractivity contribution in [1.29, 1.82) is 0 Å². The topological polar surface area (TPSA) is 75.7 Å². The van der Waals surface area contributed by atoms with E-state index in [1.807, 2.05) is 12.3 Å².